The first-order valence-corrected chi connectivity index (χ1v) is 5.94. The lowest BCUT2D eigenvalue weighted by molar-refractivity contribution is 0.0992. The molecular formula is C12H19ClN4O2. The zero-order chi connectivity index (χ0) is 13.1. The molecule has 0 aliphatic carbocycles. The summed E-state index contributed by atoms with van der Waals surface area (Å²) in [7, 11) is 1.51. The SMILES string of the molecule is COc1cc(N2CCNCC2)c(C)nc1C(N)=O.Cl. The largest absolute Gasteiger partial charge is 0.494 e. The maximum atomic E-state index is 11.3. The van der Waals surface area contributed by atoms with Crippen LogP contribution >= 0.6 is 12.4 Å². The average molecular weight is 287 g/mol. The Hall–Kier alpha value is -1.53. The maximum Gasteiger partial charge on any atom is 0.271 e. The van der Waals surface area contributed by atoms with E-state index in [9.17, 15) is 4.79 Å². The van der Waals surface area contributed by atoms with Crippen molar-refractivity contribution in [3.05, 3.63) is 17.5 Å². The molecule has 0 spiro atoms. The molecule has 6 nitrogen and oxygen atoms in total. The molecule has 0 atom stereocenters. The van der Waals surface area contributed by atoms with Gasteiger partial charge >= 0.3 is 0 Å². The van der Waals surface area contributed by atoms with Crippen LogP contribution in [0.1, 0.15) is 16.2 Å². The topological polar surface area (TPSA) is 80.5 Å². The Balaban J connectivity index is 0.00000180. The Kier molecular flexibility index (Phi) is 5.38. The highest BCUT2D eigenvalue weighted by atomic mass is 35.5. The second kappa shape index (κ2) is 6.58. The number of carbonyl (C=O) groups is 1. The van der Waals surface area contributed by atoms with Crippen molar-refractivity contribution in [2.24, 2.45) is 5.73 Å². The summed E-state index contributed by atoms with van der Waals surface area (Å²) in [5.41, 5.74) is 7.27. The number of aryl methyl sites for hydroxylation is 1. The molecule has 1 aliphatic heterocycles. The molecule has 0 bridgehead atoms. The van der Waals surface area contributed by atoms with Crippen LogP contribution in [0.4, 0.5) is 5.69 Å². The molecule has 2 rings (SSSR count). The van der Waals surface area contributed by atoms with Crippen LogP contribution in [-0.2, 0) is 0 Å². The van der Waals surface area contributed by atoms with Gasteiger partial charge in [0.2, 0.25) is 0 Å². The van der Waals surface area contributed by atoms with E-state index in [1.807, 2.05) is 13.0 Å². The summed E-state index contributed by atoms with van der Waals surface area (Å²) in [6.07, 6.45) is 0. The minimum absolute atomic E-state index is 0. The van der Waals surface area contributed by atoms with Crippen molar-refractivity contribution >= 4 is 24.0 Å². The predicted molar refractivity (Wildman–Crippen MR) is 76.4 cm³/mol. The molecule has 3 N–H and O–H groups in total. The number of amides is 1. The van der Waals surface area contributed by atoms with Gasteiger partial charge in [-0.05, 0) is 6.92 Å². The van der Waals surface area contributed by atoms with Crippen LogP contribution in [0.2, 0.25) is 0 Å². The van der Waals surface area contributed by atoms with E-state index >= 15 is 0 Å². The van der Waals surface area contributed by atoms with Crippen molar-refractivity contribution < 1.29 is 9.53 Å². The van der Waals surface area contributed by atoms with E-state index in [0.717, 1.165) is 37.6 Å². The van der Waals surface area contributed by atoms with E-state index in [-0.39, 0.29) is 18.1 Å². The molecule has 1 saturated heterocycles. The first kappa shape index (κ1) is 15.5. The minimum Gasteiger partial charge on any atom is -0.494 e. The molecule has 1 amide bonds. The highest BCUT2D eigenvalue weighted by Crippen LogP contribution is 2.27. The maximum absolute atomic E-state index is 11.3. The third-order valence-corrected chi connectivity index (χ3v) is 3.06. The van der Waals surface area contributed by atoms with Crippen molar-refractivity contribution in [2.75, 3.05) is 38.2 Å². The predicted octanol–water partition coefficient (Wildman–Crippen LogP) is 0.329. The van der Waals surface area contributed by atoms with E-state index in [0.29, 0.717) is 5.75 Å². The van der Waals surface area contributed by atoms with E-state index in [1.165, 1.54) is 7.11 Å². The lowest BCUT2D eigenvalue weighted by Crippen LogP contribution is -2.44. The zero-order valence-electron chi connectivity index (χ0n) is 11.1. The van der Waals surface area contributed by atoms with Crippen LogP contribution in [0.15, 0.2) is 6.07 Å². The molecule has 0 aromatic carbocycles. The number of hydrogen-bond acceptors (Lipinski definition) is 5. The summed E-state index contributed by atoms with van der Waals surface area (Å²) in [5, 5.41) is 3.29. The third-order valence-electron chi connectivity index (χ3n) is 3.06. The van der Waals surface area contributed by atoms with Gasteiger partial charge in [0.25, 0.3) is 5.91 Å². The van der Waals surface area contributed by atoms with E-state index < -0.39 is 5.91 Å². The van der Waals surface area contributed by atoms with Gasteiger partial charge in [-0.15, -0.1) is 12.4 Å². The van der Waals surface area contributed by atoms with Crippen molar-refractivity contribution in [3.63, 3.8) is 0 Å². The van der Waals surface area contributed by atoms with Gasteiger partial charge in [-0.25, -0.2) is 4.98 Å². The van der Waals surface area contributed by atoms with Crippen LogP contribution in [0.5, 0.6) is 5.75 Å². The molecule has 2 heterocycles. The fourth-order valence-electron chi connectivity index (χ4n) is 2.14. The zero-order valence-corrected chi connectivity index (χ0v) is 11.9. The Labute approximate surface area is 118 Å². The fourth-order valence-corrected chi connectivity index (χ4v) is 2.14. The molecule has 0 saturated carbocycles. The number of halogens is 1. The molecule has 0 unspecified atom stereocenters. The normalized spacial score (nSPS) is 14.7. The lowest BCUT2D eigenvalue weighted by Gasteiger charge is -2.30. The Bertz CT molecular complexity index is 461. The van der Waals surface area contributed by atoms with Crippen molar-refractivity contribution in [1.29, 1.82) is 0 Å². The molecule has 19 heavy (non-hydrogen) atoms. The minimum atomic E-state index is -0.568. The number of carbonyl (C=O) groups excluding carboxylic acids is 1. The van der Waals surface area contributed by atoms with Crippen LogP contribution in [0.25, 0.3) is 0 Å². The number of nitrogens with one attached hydrogen (secondary N) is 1. The highest BCUT2D eigenvalue weighted by Gasteiger charge is 2.19. The number of hydrogen-bond donors (Lipinski definition) is 2. The van der Waals surface area contributed by atoms with Gasteiger partial charge < -0.3 is 20.7 Å². The summed E-state index contributed by atoms with van der Waals surface area (Å²) in [4.78, 5) is 17.8. The molecule has 1 aromatic rings. The first-order valence-electron chi connectivity index (χ1n) is 5.94. The number of rotatable bonds is 3. The molecule has 1 aromatic heterocycles. The smallest absolute Gasteiger partial charge is 0.271 e. The number of ether oxygens (including phenoxy) is 1. The highest BCUT2D eigenvalue weighted by molar-refractivity contribution is 5.94. The van der Waals surface area contributed by atoms with Crippen molar-refractivity contribution in [3.8, 4) is 5.75 Å². The Morgan fingerprint density at radius 1 is 1.47 bits per heavy atom. The van der Waals surface area contributed by atoms with Crippen molar-refractivity contribution in [1.82, 2.24) is 10.3 Å². The molecule has 1 fully saturated rings. The van der Waals surface area contributed by atoms with Crippen LogP contribution in [0, 0.1) is 6.92 Å². The number of nitrogens with two attached hydrogens (primary N) is 1. The van der Waals surface area contributed by atoms with E-state index in [4.69, 9.17) is 10.5 Å². The van der Waals surface area contributed by atoms with Gasteiger partial charge in [-0.1, -0.05) is 0 Å². The average Bonchev–Trinajstić information content (AvgIpc) is 2.39. The summed E-state index contributed by atoms with van der Waals surface area (Å²) in [5.74, 6) is -0.136. The van der Waals surface area contributed by atoms with Crippen molar-refractivity contribution in [2.45, 2.75) is 6.92 Å². The standard InChI is InChI=1S/C12H18N4O2.ClH/c1-8-9(16-5-3-14-4-6-16)7-10(18-2)11(15-8)12(13)17;/h7,14H,3-6H2,1-2H3,(H2,13,17);1H. The van der Waals surface area contributed by atoms with Gasteiger partial charge in [0.15, 0.2) is 11.4 Å². The fraction of sp³-hybridized carbons (Fsp3) is 0.500. The molecular weight excluding hydrogens is 268 g/mol. The molecule has 0 radical (unpaired) electrons. The number of methoxy groups -OCH3 is 1. The third kappa shape index (κ3) is 3.27. The molecule has 7 heteroatoms. The summed E-state index contributed by atoms with van der Waals surface area (Å²) < 4.78 is 5.19. The van der Waals surface area contributed by atoms with Gasteiger partial charge in [0, 0.05) is 32.2 Å². The Morgan fingerprint density at radius 3 is 2.63 bits per heavy atom. The molecule has 1 aliphatic rings. The van der Waals surface area contributed by atoms with E-state index in [1.54, 1.807) is 0 Å². The van der Waals surface area contributed by atoms with Gasteiger partial charge in [0.05, 0.1) is 18.5 Å². The van der Waals surface area contributed by atoms with Crippen LogP contribution in [-0.4, -0.2) is 44.2 Å². The number of pyridine rings is 1. The van der Waals surface area contributed by atoms with E-state index in [2.05, 4.69) is 15.2 Å². The second-order valence-electron chi connectivity index (χ2n) is 4.25. The Morgan fingerprint density at radius 2 is 2.11 bits per heavy atom. The van der Waals surface area contributed by atoms with Gasteiger partial charge in [-0.2, -0.15) is 0 Å². The van der Waals surface area contributed by atoms with Gasteiger partial charge in [-0.3, -0.25) is 4.79 Å². The lowest BCUT2D eigenvalue weighted by atomic mass is 10.2. The first-order chi connectivity index (χ1) is 8.63. The van der Waals surface area contributed by atoms with Crippen LogP contribution < -0.4 is 20.7 Å². The summed E-state index contributed by atoms with van der Waals surface area (Å²) in [6, 6.07) is 1.84. The number of nitrogens with zero attached hydrogens (tertiary/aromatic N) is 2. The second-order valence-corrected chi connectivity index (χ2v) is 4.25. The van der Waals surface area contributed by atoms with Crippen LogP contribution in [0.3, 0.4) is 0 Å². The number of primary amides is 1. The van der Waals surface area contributed by atoms with Gasteiger partial charge in [0.1, 0.15) is 0 Å². The number of anilines is 1. The monoisotopic (exact) mass is 286 g/mol. The number of piperazine rings is 1. The summed E-state index contributed by atoms with van der Waals surface area (Å²) in [6.45, 7) is 5.60. The number of aromatic nitrogens is 1. The quantitative estimate of drug-likeness (QED) is 0.837. The molecule has 106 valence electrons. The summed E-state index contributed by atoms with van der Waals surface area (Å²) >= 11 is 0.